The molecule has 0 radical (unpaired) electrons. The summed E-state index contributed by atoms with van der Waals surface area (Å²) < 4.78 is 0. The normalized spacial score (nSPS) is 14.2. The van der Waals surface area contributed by atoms with Crippen molar-refractivity contribution < 1.29 is 14.7 Å². The zero-order valence-corrected chi connectivity index (χ0v) is 20.2. The number of hydrogen-bond acceptors (Lipinski definition) is 8. The number of piperazine rings is 1. The number of benzene rings is 1. The van der Waals surface area contributed by atoms with Crippen molar-refractivity contribution in [3.05, 3.63) is 77.2 Å². The van der Waals surface area contributed by atoms with Crippen molar-refractivity contribution in [2.75, 3.05) is 43.8 Å². The van der Waals surface area contributed by atoms with E-state index in [1.807, 2.05) is 42.5 Å². The first-order chi connectivity index (χ1) is 17.4. The molecule has 0 saturated carbocycles. The highest BCUT2D eigenvalue weighted by molar-refractivity contribution is 6.34. The maximum absolute atomic E-state index is 12.9. The monoisotopic (exact) mass is 507 g/mol. The van der Waals surface area contributed by atoms with Crippen molar-refractivity contribution in [1.82, 2.24) is 24.8 Å². The quantitative estimate of drug-likeness (QED) is 0.238. The standard InChI is InChI=1S/C25H26ClN7O3/c26-22-21(20(34)7-4-10-32-11-13-33(14-12-32)25(35)36)23(31-24(27)30-22)29-16-19-9-8-18(15-28-19)17-5-2-1-3-6-17/h1-9,15H,10-14,16H2,(H,35,36)(H3,27,29,30,31). The molecule has 186 valence electrons. The van der Waals surface area contributed by atoms with E-state index < -0.39 is 6.09 Å². The lowest BCUT2D eigenvalue weighted by molar-refractivity contribution is 0.104. The predicted molar refractivity (Wildman–Crippen MR) is 138 cm³/mol. The number of nitrogens with two attached hydrogens (primary N) is 1. The molecule has 1 fully saturated rings. The van der Waals surface area contributed by atoms with Gasteiger partial charge in [-0.2, -0.15) is 4.98 Å². The average Bonchev–Trinajstić information content (AvgIpc) is 2.88. The van der Waals surface area contributed by atoms with E-state index in [1.165, 1.54) is 11.0 Å². The Kier molecular flexibility index (Phi) is 8.09. The van der Waals surface area contributed by atoms with Gasteiger partial charge in [-0.05, 0) is 17.7 Å². The molecule has 0 unspecified atom stereocenters. The van der Waals surface area contributed by atoms with E-state index in [2.05, 4.69) is 25.2 Å². The van der Waals surface area contributed by atoms with Crippen LogP contribution in [0.3, 0.4) is 0 Å². The number of pyridine rings is 1. The summed E-state index contributed by atoms with van der Waals surface area (Å²) in [6.07, 6.45) is 4.01. The molecule has 1 aliphatic heterocycles. The topological polar surface area (TPSA) is 138 Å². The van der Waals surface area contributed by atoms with Crippen LogP contribution in [-0.4, -0.2) is 74.5 Å². The number of carbonyl (C=O) groups is 2. The smallest absolute Gasteiger partial charge is 0.407 e. The molecule has 1 aliphatic rings. The van der Waals surface area contributed by atoms with Gasteiger partial charge in [0.05, 0.1) is 12.2 Å². The van der Waals surface area contributed by atoms with Crippen LogP contribution >= 0.6 is 11.6 Å². The Labute approximate surface area is 213 Å². The van der Waals surface area contributed by atoms with Crippen LogP contribution in [0, 0.1) is 0 Å². The van der Waals surface area contributed by atoms with Gasteiger partial charge in [0.2, 0.25) is 5.95 Å². The number of ketones is 1. The predicted octanol–water partition coefficient (Wildman–Crippen LogP) is 3.42. The minimum atomic E-state index is -0.916. The minimum absolute atomic E-state index is 0.0397. The van der Waals surface area contributed by atoms with E-state index in [9.17, 15) is 9.59 Å². The number of carboxylic acid groups (broad SMARTS) is 1. The van der Waals surface area contributed by atoms with E-state index in [0.29, 0.717) is 39.3 Å². The molecule has 3 heterocycles. The van der Waals surface area contributed by atoms with Gasteiger partial charge in [-0.15, -0.1) is 0 Å². The fourth-order valence-corrected chi connectivity index (χ4v) is 4.08. The van der Waals surface area contributed by atoms with Gasteiger partial charge in [-0.25, -0.2) is 9.78 Å². The number of aromatic nitrogens is 3. The van der Waals surface area contributed by atoms with Crippen LogP contribution in [0.4, 0.5) is 16.6 Å². The Bertz CT molecular complexity index is 1240. The van der Waals surface area contributed by atoms with Crippen LogP contribution < -0.4 is 11.1 Å². The molecule has 36 heavy (non-hydrogen) atoms. The number of nitrogens with one attached hydrogen (secondary N) is 1. The van der Waals surface area contributed by atoms with Crippen molar-refractivity contribution in [1.29, 1.82) is 0 Å². The Hall–Kier alpha value is -4.02. The maximum Gasteiger partial charge on any atom is 0.407 e. The van der Waals surface area contributed by atoms with E-state index >= 15 is 0 Å². The third kappa shape index (κ3) is 6.35. The molecule has 0 bridgehead atoms. The first-order valence-corrected chi connectivity index (χ1v) is 11.8. The van der Waals surface area contributed by atoms with Gasteiger partial charge in [-0.3, -0.25) is 14.7 Å². The Morgan fingerprint density at radius 1 is 1.06 bits per heavy atom. The molecule has 1 amide bonds. The zero-order chi connectivity index (χ0) is 25.5. The summed E-state index contributed by atoms with van der Waals surface area (Å²) in [4.78, 5) is 40.0. The van der Waals surface area contributed by atoms with Crippen molar-refractivity contribution >= 4 is 35.2 Å². The van der Waals surface area contributed by atoms with Crippen LogP contribution in [0.25, 0.3) is 11.1 Å². The van der Waals surface area contributed by atoms with Crippen molar-refractivity contribution in [2.45, 2.75) is 6.54 Å². The van der Waals surface area contributed by atoms with Crippen LogP contribution in [0.15, 0.2) is 60.8 Å². The van der Waals surface area contributed by atoms with Crippen LogP contribution in [0.5, 0.6) is 0 Å². The van der Waals surface area contributed by atoms with Crippen molar-refractivity contribution in [2.24, 2.45) is 0 Å². The summed E-state index contributed by atoms with van der Waals surface area (Å²) in [5.41, 5.74) is 8.71. The Morgan fingerprint density at radius 2 is 1.81 bits per heavy atom. The van der Waals surface area contributed by atoms with E-state index in [4.69, 9.17) is 22.4 Å². The molecule has 0 atom stereocenters. The summed E-state index contributed by atoms with van der Waals surface area (Å²) >= 11 is 6.26. The van der Waals surface area contributed by atoms with Gasteiger partial charge >= 0.3 is 6.09 Å². The fourth-order valence-electron chi connectivity index (χ4n) is 3.81. The number of allylic oxidation sites excluding steroid dienone is 1. The third-order valence-corrected chi connectivity index (χ3v) is 6.05. The third-order valence-electron chi connectivity index (χ3n) is 5.77. The molecular weight excluding hydrogens is 482 g/mol. The second kappa shape index (κ2) is 11.6. The van der Waals surface area contributed by atoms with Gasteiger partial charge in [-0.1, -0.05) is 54.1 Å². The molecule has 1 saturated heterocycles. The first kappa shape index (κ1) is 25.1. The number of rotatable bonds is 8. The lowest BCUT2D eigenvalue weighted by Gasteiger charge is -2.32. The molecule has 3 aromatic rings. The number of carbonyl (C=O) groups excluding carboxylic acids is 1. The lowest BCUT2D eigenvalue weighted by atomic mass is 10.1. The summed E-state index contributed by atoms with van der Waals surface area (Å²) in [7, 11) is 0. The van der Waals surface area contributed by atoms with Crippen molar-refractivity contribution in [3.8, 4) is 11.1 Å². The number of nitrogens with zero attached hydrogens (tertiary/aromatic N) is 5. The second-order valence-electron chi connectivity index (χ2n) is 8.19. The van der Waals surface area contributed by atoms with Crippen LogP contribution in [0.2, 0.25) is 5.15 Å². The fraction of sp³-hybridized carbons (Fsp3) is 0.240. The number of amides is 1. The highest BCUT2D eigenvalue weighted by Gasteiger charge is 2.20. The summed E-state index contributed by atoms with van der Waals surface area (Å²) in [6.45, 7) is 2.87. The molecular formula is C25H26ClN7O3. The SMILES string of the molecule is Nc1nc(Cl)c(C(=O)C=CCN2CCN(C(=O)O)CC2)c(NCc2ccc(-c3ccccc3)cn2)n1. The maximum atomic E-state index is 12.9. The Balaban J connectivity index is 1.40. The molecule has 0 spiro atoms. The van der Waals surface area contributed by atoms with Crippen molar-refractivity contribution in [3.63, 3.8) is 0 Å². The van der Waals surface area contributed by atoms with Crippen LogP contribution in [0.1, 0.15) is 16.1 Å². The number of halogens is 1. The van der Waals surface area contributed by atoms with Gasteiger partial charge < -0.3 is 21.1 Å². The van der Waals surface area contributed by atoms with Gasteiger partial charge in [0, 0.05) is 44.5 Å². The zero-order valence-electron chi connectivity index (χ0n) is 19.5. The van der Waals surface area contributed by atoms with E-state index in [-0.39, 0.29) is 28.3 Å². The molecule has 0 aliphatic carbocycles. The number of hydrogen-bond donors (Lipinski definition) is 3. The molecule has 11 heteroatoms. The van der Waals surface area contributed by atoms with Crippen LogP contribution in [-0.2, 0) is 6.54 Å². The van der Waals surface area contributed by atoms with E-state index in [0.717, 1.165) is 16.8 Å². The molecule has 4 rings (SSSR count). The lowest BCUT2D eigenvalue weighted by Crippen LogP contribution is -2.48. The average molecular weight is 508 g/mol. The first-order valence-electron chi connectivity index (χ1n) is 11.4. The minimum Gasteiger partial charge on any atom is -0.465 e. The van der Waals surface area contributed by atoms with Gasteiger partial charge in [0.15, 0.2) is 5.78 Å². The van der Waals surface area contributed by atoms with E-state index in [1.54, 1.807) is 12.3 Å². The largest absolute Gasteiger partial charge is 0.465 e. The highest BCUT2D eigenvalue weighted by Crippen LogP contribution is 2.24. The number of anilines is 2. The summed E-state index contributed by atoms with van der Waals surface area (Å²) in [5, 5.41) is 12.1. The molecule has 1 aromatic carbocycles. The second-order valence-corrected chi connectivity index (χ2v) is 8.55. The molecule has 4 N–H and O–H groups in total. The number of nitrogen functional groups attached to an aromatic ring is 1. The highest BCUT2D eigenvalue weighted by atomic mass is 35.5. The van der Waals surface area contributed by atoms with Gasteiger partial charge in [0.25, 0.3) is 0 Å². The van der Waals surface area contributed by atoms with Gasteiger partial charge in [0.1, 0.15) is 16.5 Å². The molecule has 10 nitrogen and oxygen atoms in total. The Morgan fingerprint density at radius 3 is 2.47 bits per heavy atom. The summed E-state index contributed by atoms with van der Waals surface area (Å²) in [5.74, 6) is -0.183. The summed E-state index contributed by atoms with van der Waals surface area (Å²) in [6, 6.07) is 13.8. The molecule has 2 aromatic heterocycles.